The number of aromatic nitrogens is 4. The van der Waals surface area contributed by atoms with E-state index in [1.54, 1.807) is 12.4 Å². The third-order valence-corrected chi connectivity index (χ3v) is 5.48. The lowest BCUT2D eigenvalue weighted by atomic mass is 10.0. The summed E-state index contributed by atoms with van der Waals surface area (Å²) in [7, 11) is 0. The second-order valence-corrected chi connectivity index (χ2v) is 7.67. The van der Waals surface area contributed by atoms with E-state index in [9.17, 15) is 9.59 Å². The third kappa shape index (κ3) is 5.85. The summed E-state index contributed by atoms with van der Waals surface area (Å²) >= 11 is 0. The molecule has 2 aromatic heterocycles. The van der Waals surface area contributed by atoms with Gasteiger partial charge in [0, 0.05) is 51.3 Å². The molecule has 2 aromatic rings. The average Bonchev–Trinajstić information content (AvgIpc) is 3.00. The Morgan fingerprint density at radius 3 is 2.86 bits per heavy atom. The van der Waals surface area contributed by atoms with Gasteiger partial charge in [0.2, 0.25) is 11.8 Å². The summed E-state index contributed by atoms with van der Waals surface area (Å²) < 4.78 is 2.04. The number of pyridine rings is 1. The monoisotopic (exact) mass is 398 g/mol. The fraction of sp³-hybridized carbons (Fsp3) is 0.571. The van der Waals surface area contributed by atoms with Crippen LogP contribution in [0.5, 0.6) is 0 Å². The highest BCUT2D eigenvalue weighted by molar-refractivity contribution is 5.76. The van der Waals surface area contributed by atoms with Crippen LogP contribution in [-0.2, 0) is 35.5 Å². The first-order valence-electron chi connectivity index (χ1n) is 10.4. The van der Waals surface area contributed by atoms with Gasteiger partial charge in [0.15, 0.2) is 5.82 Å². The van der Waals surface area contributed by atoms with Crippen molar-refractivity contribution in [2.75, 3.05) is 13.1 Å². The fourth-order valence-electron chi connectivity index (χ4n) is 3.40. The largest absolute Gasteiger partial charge is 0.349 e. The molecule has 156 valence electrons. The first-order valence-corrected chi connectivity index (χ1v) is 10.4. The number of amides is 2. The Labute approximate surface area is 171 Å². The van der Waals surface area contributed by atoms with E-state index in [2.05, 4.69) is 34.3 Å². The SMILES string of the molecule is CCC(C)CC(=O)N1CCc2nnc(CNC(=O)CCc3cccnc3)n2CC1. The Hall–Kier alpha value is -2.77. The summed E-state index contributed by atoms with van der Waals surface area (Å²) in [5.41, 5.74) is 1.04. The number of rotatable bonds is 8. The number of carbonyl (C=O) groups excluding carboxylic acids is 2. The summed E-state index contributed by atoms with van der Waals surface area (Å²) in [6.45, 7) is 6.56. The predicted octanol–water partition coefficient (Wildman–Crippen LogP) is 1.74. The number of nitrogens with one attached hydrogen (secondary N) is 1. The standard InChI is InChI=1S/C21H30N6O2/c1-3-16(2)13-21(29)26-10-8-18-24-25-19(27(18)12-11-26)15-23-20(28)7-6-17-5-4-9-22-14-17/h4-5,9,14,16H,3,6-8,10-13,15H2,1-2H3,(H,23,28). The van der Waals surface area contributed by atoms with Crippen LogP contribution in [0.3, 0.4) is 0 Å². The number of hydrogen-bond donors (Lipinski definition) is 1. The molecule has 0 aliphatic carbocycles. The van der Waals surface area contributed by atoms with Crippen LogP contribution >= 0.6 is 0 Å². The van der Waals surface area contributed by atoms with Crippen molar-refractivity contribution in [1.82, 2.24) is 30.0 Å². The Balaban J connectivity index is 1.50. The number of carbonyl (C=O) groups is 2. The van der Waals surface area contributed by atoms with Gasteiger partial charge in [-0.15, -0.1) is 10.2 Å². The van der Waals surface area contributed by atoms with Crippen molar-refractivity contribution in [3.05, 3.63) is 41.7 Å². The Morgan fingerprint density at radius 1 is 1.24 bits per heavy atom. The minimum Gasteiger partial charge on any atom is -0.349 e. The van der Waals surface area contributed by atoms with Crippen LogP contribution in [0.2, 0.25) is 0 Å². The minimum atomic E-state index is -0.0230. The molecular formula is C21H30N6O2. The molecular weight excluding hydrogens is 368 g/mol. The van der Waals surface area contributed by atoms with Crippen LogP contribution in [0.15, 0.2) is 24.5 Å². The Kier molecular flexibility index (Phi) is 7.32. The van der Waals surface area contributed by atoms with Gasteiger partial charge in [0.1, 0.15) is 5.82 Å². The van der Waals surface area contributed by atoms with Crippen molar-refractivity contribution < 1.29 is 9.59 Å². The van der Waals surface area contributed by atoms with Crippen LogP contribution < -0.4 is 5.32 Å². The highest BCUT2D eigenvalue weighted by Gasteiger charge is 2.22. The van der Waals surface area contributed by atoms with Crippen molar-refractivity contribution >= 4 is 11.8 Å². The first kappa shape index (κ1) is 21.0. The van der Waals surface area contributed by atoms with Crippen molar-refractivity contribution in [2.45, 2.75) is 59.0 Å². The molecule has 1 atom stereocenters. The molecule has 29 heavy (non-hydrogen) atoms. The molecule has 8 heteroatoms. The van der Waals surface area contributed by atoms with Crippen LogP contribution in [-0.4, -0.2) is 49.6 Å². The molecule has 0 aromatic carbocycles. The van der Waals surface area contributed by atoms with Gasteiger partial charge in [-0.25, -0.2) is 0 Å². The maximum atomic E-state index is 12.5. The molecule has 0 radical (unpaired) electrons. The van der Waals surface area contributed by atoms with Crippen molar-refractivity contribution in [3.8, 4) is 0 Å². The smallest absolute Gasteiger partial charge is 0.222 e. The van der Waals surface area contributed by atoms with Crippen LogP contribution in [0.25, 0.3) is 0 Å². The van der Waals surface area contributed by atoms with Crippen LogP contribution in [0.4, 0.5) is 0 Å². The molecule has 0 bridgehead atoms. The lowest BCUT2D eigenvalue weighted by Gasteiger charge is -2.21. The summed E-state index contributed by atoms with van der Waals surface area (Å²) in [6.07, 6.45) is 6.86. The molecule has 1 unspecified atom stereocenters. The molecule has 1 N–H and O–H groups in total. The van der Waals surface area contributed by atoms with E-state index < -0.39 is 0 Å². The Bertz CT molecular complexity index is 820. The molecule has 0 saturated carbocycles. The van der Waals surface area contributed by atoms with Crippen LogP contribution in [0, 0.1) is 5.92 Å². The topological polar surface area (TPSA) is 93.0 Å². The summed E-state index contributed by atoms with van der Waals surface area (Å²) in [5.74, 6) is 2.21. The van der Waals surface area contributed by atoms with E-state index in [4.69, 9.17) is 0 Å². The summed E-state index contributed by atoms with van der Waals surface area (Å²) in [6, 6.07) is 3.84. The quantitative estimate of drug-likeness (QED) is 0.731. The molecule has 0 fully saturated rings. The maximum Gasteiger partial charge on any atom is 0.222 e. The van der Waals surface area contributed by atoms with Gasteiger partial charge in [0.25, 0.3) is 0 Å². The van der Waals surface area contributed by atoms with Crippen molar-refractivity contribution in [2.24, 2.45) is 5.92 Å². The Morgan fingerprint density at radius 2 is 2.10 bits per heavy atom. The molecule has 8 nitrogen and oxygen atoms in total. The first-order chi connectivity index (χ1) is 14.1. The second kappa shape index (κ2) is 10.1. The van der Waals surface area contributed by atoms with Gasteiger partial charge < -0.3 is 14.8 Å². The highest BCUT2D eigenvalue weighted by atomic mass is 16.2. The predicted molar refractivity (Wildman–Crippen MR) is 109 cm³/mol. The number of nitrogens with zero attached hydrogens (tertiary/aromatic N) is 5. The van der Waals surface area contributed by atoms with E-state index in [-0.39, 0.29) is 11.8 Å². The number of fused-ring (bicyclic) bond motifs is 1. The van der Waals surface area contributed by atoms with E-state index in [1.165, 1.54) is 0 Å². The second-order valence-electron chi connectivity index (χ2n) is 7.67. The van der Waals surface area contributed by atoms with Crippen LogP contribution in [0.1, 0.15) is 50.3 Å². The molecule has 3 heterocycles. The fourth-order valence-corrected chi connectivity index (χ4v) is 3.40. The molecule has 3 rings (SSSR count). The van der Waals surface area contributed by atoms with E-state index in [0.29, 0.717) is 57.8 Å². The minimum absolute atomic E-state index is 0.0230. The maximum absolute atomic E-state index is 12.5. The zero-order valence-corrected chi connectivity index (χ0v) is 17.3. The molecule has 0 spiro atoms. The molecule has 0 saturated heterocycles. The van der Waals surface area contributed by atoms with E-state index in [0.717, 1.165) is 23.6 Å². The summed E-state index contributed by atoms with van der Waals surface area (Å²) in [5, 5.41) is 11.5. The number of aryl methyl sites for hydroxylation is 1. The van der Waals surface area contributed by atoms with Gasteiger partial charge in [0.05, 0.1) is 6.54 Å². The normalized spacial score (nSPS) is 14.8. The molecule has 1 aliphatic heterocycles. The zero-order chi connectivity index (χ0) is 20.6. The van der Waals surface area contributed by atoms with Gasteiger partial charge in [-0.05, 0) is 24.0 Å². The third-order valence-electron chi connectivity index (χ3n) is 5.48. The van der Waals surface area contributed by atoms with E-state index in [1.807, 2.05) is 21.6 Å². The van der Waals surface area contributed by atoms with Gasteiger partial charge in [-0.2, -0.15) is 0 Å². The van der Waals surface area contributed by atoms with Gasteiger partial charge >= 0.3 is 0 Å². The lowest BCUT2D eigenvalue weighted by Crippen LogP contribution is -2.34. The summed E-state index contributed by atoms with van der Waals surface area (Å²) in [4.78, 5) is 30.7. The van der Waals surface area contributed by atoms with Gasteiger partial charge in [-0.3, -0.25) is 14.6 Å². The molecule has 1 aliphatic rings. The zero-order valence-electron chi connectivity index (χ0n) is 17.3. The highest BCUT2D eigenvalue weighted by Crippen LogP contribution is 2.14. The van der Waals surface area contributed by atoms with Gasteiger partial charge in [-0.1, -0.05) is 26.3 Å². The molecule has 2 amide bonds. The van der Waals surface area contributed by atoms with Crippen molar-refractivity contribution in [1.29, 1.82) is 0 Å². The van der Waals surface area contributed by atoms with E-state index >= 15 is 0 Å². The number of hydrogen-bond acceptors (Lipinski definition) is 5. The lowest BCUT2D eigenvalue weighted by molar-refractivity contribution is -0.132. The average molecular weight is 399 g/mol. The van der Waals surface area contributed by atoms with Crippen molar-refractivity contribution in [3.63, 3.8) is 0 Å².